The zero-order chi connectivity index (χ0) is 26.3. The molecule has 0 spiro atoms. The second-order valence-electron chi connectivity index (χ2n) is 8.19. The molecular weight excluding hydrogens is 506 g/mol. The lowest BCUT2D eigenvalue weighted by Crippen LogP contribution is -2.36. The van der Waals surface area contributed by atoms with Gasteiger partial charge in [0.15, 0.2) is 0 Å². The van der Waals surface area contributed by atoms with Gasteiger partial charge < -0.3 is 19.5 Å². The Morgan fingerprint density at radius 3 is 2.28 bits per heavy atom. The number of anilines is 1. The first-order chi connectivity index (χ1) is 17.3. The van der Waals surface area contributed by atoms with E-state index in [1.807, 2.05) is 0 Å². The van der Waals surface area contributed by atoms with Crippen LogP contribution in [-0.2, 0) is 37.2 Å². The highest BCUT2D eigenvalue weighted by molar-refractivity contribution is 7.89. The summed E-state index contributed by atoms with van der Waals surface area (Å²) in [5.41, 5.74) is 1.58. The summed E-state index contributed by atoms with van der Waals surface area (Å²) in [6.07, 6.45) is 0.704. The number of amides is 1. The SMILES string of the molecule is CCN1CCc2c(sc(NC(=O)c3ccc(S(=O)(=O)N(CCOC)CCOC)cc3)c2C(=O)OC)C1. The van der Waals surface area contributed by atoms with Gasteiger partial charge in [-0.05, 0) is 42.8 Å². The maximum Gasteiger partial charge on any atom is 0.341 e. The van der Waals surface area contributed by atoms with Gasteiger partial charge in [-0.15, -0.1) is 11.3 Å². The number of carbonyl (C=O) groups is 2. The lowest BCUT2D eigenvalue weighted by molar-refractivity contribution is 0.0600. The summed E-state index contributed by atoms with van der Waals surface area (Å²) in [6, 6.07) is 5.71. The average Bonchev–Trinajstić information content (AvgIpc) is 3.24. The van der Waals surface area contributed by atoms with Crippen molar-refractivity contribution in [1.82, 2.24) is 9.21 Å². The molecule has 1 aromatic carbocycles. The van der Waals surface area contributed by atoms with Crippen LogP contribution in [0.15, 0.2) is 29.2 Å². The molecule has 3 rings (SSSR count). The quantitative estimate of drug-likeness (QED) is 0.409. The van der Waals surface area contributed by atoms with Crippen molar-refractivity contribution in [1.29, 1.82) is 0 Å². The summed E-state index contributed by atoms with van der Waals surface area (Å²) >= 11 is 1.37. The Kier molecular flexibility index (Phi) is 10.00. The number of ether oxygens (including phenoxy) is 3. The molecule has 0 radical (unpaired) electrons. The number of esters is 1. The number of rotatable bonds is 12. The van der Waals surface area contributed by atoms with Crippen molar-refractivity contribution in [2.75, 3.05) is 66.0 Å². The van der Waals surface area contributed by atoms with E-state index >= 15 is 0 Å². The van der Waals surface area contributed by atoms with Crippen LogP contribution in [0, 0.1) is 0 Å². The molecule has 1 aromatic heterocycles. The Morgan fingerprint density at radius 2 is 1.72 bits per heavy atom. The van der Waals surface area contributed by atoms with Gasteiger partial charge >= 0.3 is 5.97 Å². The number of sulfonamides is 1. The Morgan fingerprint density at radius 1 is 1.08 bits per heavy atom. The van der Waals surface area contributed by atoms with Gasteiger partial charge in [-0.1, -0.05) is 6.92 Å². The van der Waals surface area contributed by atoms with Crippen molar-refractivity contribution < 1.29 is 32.2 Å². The summed E-state index contributed by atoms with van der Waals surface area (Å²) < 4.78 is 42.5. The van der Waals surface area contributed by atoms with Crippen LogP contribution in [0.1, 0.15) is 38.1 Å². The molecular formula is C24H33N3O7S2. The molecule has 198 valence electrons. The molecule has 1 aliphatic heterocycles. The van der Waals surface area contributed by atoms with E-state index in [9.17, 15) is 18.0 Å². The molecule has 1 N–H and O–H groups in total. The van der Waals surface area contributed by atoms with E-state index in [4.69, 9.17) is 14.2 Å². The smallest absolute Gasteiger partial charge is 0.341 e. The summed E-state index contributed by atoms with van der Waals surface area (Å²) in [7, 11) is 0.528. The molecule has 0 atom stereocenters. The van der Waals surface area contributed by atoms with Crippen molar-refractivity contribution in [3.05, 3.63) is 45.8 Å². The van der Waals surface area contributed by atoms with Gasteiger partial charge in [0.05, 0.1) is 30.8 Å². The summed E-state index contributed by atoms with van der Waals surface area (Å²) in [4.78, 5) is 28.9. The monoisotopic (exact) mass is 539 g/mol. The maximum atomic E-state index is 13.1. The van der Waals surface area contributed by atoms with Crippen molar-refractivity contribution in [2.24, 2.45) is 0 Å². The summed E-state index contributed by atoms with van der Waals surface area (Å²) in [5.74, 6) is -0.924. The van der Waals surface area contributed by atoms with Gasteiger partial charge in [0, 0.05) is 50.8 Å². The van der Waals surface area contributed by atoms with Gasteiger partial charge in [0.25, 0.3) is 5.91 Å². The number of fused-ring (bicyclic) bond motifs is 1. The molecule has 1 amide bonds. The second-order valence-corrected chi connectivity index (χ2v) is 11.2. The minimum Gasteiger partial charge on any atom is -0.465 e. The summed E-state index contributed by atoms with van der Waals surface area (Å²) in [6.45, 7) is 5.37. The first kappa shape index (κ1) is 28.2. The number of nitrogens with one attached hydrogen (secondary N) is 1. The zero-order valence-electron chi connectivity index (χ0n) is 21.0. The van der Waals surface area contributed by atoms with Crippen LogP contribution in [0.2, 0.25) is 0 Å². The number of hydrogen-bond donors (Lipinski definition) is 1. The normalized spacial score (nSPS) is 14.0. The van der Waals surface area contributed by atoms with Crippen LogP contribution in [0.5, 0.6) is 0 Å². The molecule has 0 saturated heterocycles. The van der Waals surface area contributed by atoms with E-state index in [-0.39, 0.29) is 36.8 Å². The largest absolute Gasteiger partial charge is 0.465 e. The number of benzene rings is 1. The predicted octanol–water partition coefficient (Wildman–Crippen LogP) is 2.45. The molecule has 2 heterocycles. The highest BCUT2D eigenvalue weighted by Crippen LogP contribution is 2.37. The fourth-order valence-electron chi connectivity index (χ4n) is 3.97. The van der Waals surface area contributed by atoms with E-state index in [0.29, 0.717) is 23.5 Å². The van der Waals surface area contributed by atoms with Gasteiger partial charge in [-0.25, -0.2) is 13.2 Å². The number of hydrogen-bond acceptors (Lipinski definition) is 9. The molecule has 12 heteroatoms. The van der Waals surface area contributed by atoms with Crippen molar-refractivity contribution >= 4 is 38.2 Å². The summed E-state index contributed by atoms with van der Waals surface area (Å²) in [5, 5.41) is 3.28. The number of carbonyl (C=O) groups excluding carboxylic acids is 2. The molecule has 0 saturated carbocycles. The predicted molar refractivity (Wildman–Crippen MR) is 137 cm³/mol. The lowest BCUT2D eigenvalue weighted by atomic mass is 10.0. The molecule has 0 unspecified atom stereocenters. The molecule has 10 nitrogen and oxygen atoms in total. The standard InChI is InChI=1S/C24H33N3O7S2/c1-5-26-11-10-19-20(16-26)35-23(21(19)24(29)34-4)25-22(28)17-6-8-18(9-7-17)36(30,31)27(12-14-32-2)13-15-33-3/h6-9H,5,10-16H2,1-4H3,(H,25,28). The Hall–Kier alpha value is -2.35. The second kappa shape index (κ2) is 12.7. The van der Waals surface area contributed by atoms with Crippen molar-refractivity contribution in [2.45, 2.75) is 24.8 Å². The van der Waals surface area contributed by atoms with Crippen LogP contribution in [0.25, 0.3) is 0 Å². The molecule has 0 fully saturated rings. The van der Waals surface area contributed by atoms with Crippen LogP contribution in [0.3, 0.4) is 0 Å². The maximum absolute atomic E-state index is 13.1. The van der Waals surface area contributed by atoms with E-state index in [2.05, 4.69) is 17.1 Å². The van der Waals surface area contributed by atoms with Crippen LogP contribution >= 0.6 is 11.3 Å². The molecule has 0 aliphatic carbocycles. The minimum atomic E-state index is -3.80. The van der Waals surface area contributed by atoms with E-state index < -0.39 is 21.9 Å². The highest BCUT2D eigenvalue weighted by Gasteiger charge is 2.29. The van der Waals surface area contributed by atoms with E-state index in [0.717, 1.165) is 23.5 Å². The van der Waals surface area contributed by atoms with E-state index in [1.165, 1.54) is 61.2 Å². The number of likely N-dealkylation sites (N-methyl/N-ethyl adjacent to an activating group) is 1. The van der Waals surface area contributed by atoms with Gasteiger partial charge in [0.2, 0.25) is 10.0 Å². The molecule has 1 aliphatic rings. The fourth-order valence-corrected chi connectivity index (χ4v) is 6.65. The third-order valence-electron chi connectivity index (χ3n) is 6.04. The number of nitrogens with zero attached hydrogens (tertiary/aromatic N) is 2. The lowest BCUT2D eigenvalue weighted by Gasteiger charge is -2.25. The van der Waals surface area contributed by atoms with Gasteiger partial charge in [0.1, 0.15) is 5.00 Å². The fraction of sp³-hybridized carbons (Fsp3) is 0.500. The van der Waals surface area contributed by atoms with Gasteiger partial charge in [-0.3, -0.25) is 9.69 Å². The van der Waals surface area contributed by atoms with Crippen LogP contribution in [-0.4, -0.2) is 90.2 Å². The highest BCUT2D eigenvalue weighted by atomic mass is 32.2. The van der Waals surface area contributed by atoms with Crippen molar-refractivity contribution in [3.8, 4) is 0 Å². The topological polar surface area (TPSA) is 114 Å². The minimum absolute atomic E-state index is 0.0627. The Balaban J connectivity index is 1.82. The zero-order valence-corrected chi connectivity index (χ0v) is 22.7. The molecule has 36 heavy (non-hydrogen) atoms. The third kappa shape index (κ3) is 6.31. The molecule has 2 aromatic rings. The number of methoxy groups -OCH3 is 3. The van der Waals surface area contributed by atoms with Crippen molar-refractivity contribution in [3.63, 3.8) is 0 Å². The Labute approximate surface area is 216 Å². The first-order valence-corrected chi connectivity index (χ1v) is 13.9. The van der Waals surface area contributed by atoms with Gasteiger partial charge in [-0.2, -0.15) is 4.31 Å². The van der Waals surface area contributed by atoms with E-state index in [1.54, 1.807) is 0 Å². The third-order valence-corrected chi connectivity index (χ3v) is 9.09. The average molecular weight is 540 g/mol. The molecule has 0 bridgehead atoms. The van der Waals surface area contributed by atoms with Crippen LogP contribution in [0.4, 0.5) is 5.00 Å². The Bertz CT molecular complexity index is 1160. The number of thiophene rings is 1. The first-order valence-electron chi connectivity index (χ1n) is 11.6. The van der Waals surface area contributed by atoms with Crippen LogP contribution < -0.4 is 5.32 Å².